The van der Waals surface area contributed by atoms with Gasteiger partial charge < -0.3 is 6.15 Å². The van der Waals surface area contributed by atoms with Crippen molar-refractivity contribution < 1.29 is 4.79 Å². The van der Waals surface area contributed by atoms with E-state index in [4.69, 9.17) is 0 Å². The lowest BCUT2D eigenvalue weighted by atomic mass is 10.2. The predicted molar refractivity (Wildman–Crippen MR) is 35.1 cm³/mol. The van der Waals surface area contributed by atoms with Gasteiger partial charge in [0.05, 0.1) is 0 Å². The predicted octanol–water partition coefficient (Wildman–Crippen LogP) is 1.56. The second kappa shape index (κ2) is 6.37. The summed E-state index contributed by atoms with van der Waals surface area (Å²) < 4.78 is 0. The molecule has 0 bridgehead atoms. The van der Waals surface area contributed by atoms with Crippen molar-refractivity contribution in [2.24, 2.45) is 5.92 Å². The second-order valence-corrected chi connectivity index (χ2v) is 1.76. The lowest BCUT2D eigenvalue weighted by molar-refractivity contribution is -0.104. The molecular formula is C6H13NO. The van der Waals surface area contributed by atoms with Crippen molar-refractivity contribution in [1.82, 2.24) is 6.15 Å². The molecule has 0 unspecified atom stereocenters. The minimum atomic E-state index is 0. The summed E-state index contributed by atoms with van der Waals surface area (Å²) in [6.45, 7) is 4.06. The lowest BCUT2D eigenvalue weighted by Crippen LogP contribution is -1.75. The lowest BCUT2D eigenvalue weighted by Gasteiger charge is -1.86. The van der Waals surface area contributed by atoms with Crippen molar-refractivity contribution in [3.8, 4) is 0 Å². The Morgan fingerprint density at radius 3 is 2.00 bits per heavy atom. The van der Waals surface area contributed by atoms with Gasteiger partial charge in [0.25, 0.3) is 0 Å². The zero-order valence-corrected chi connectivity index (χ0v) is 5.42. The molecule has 0 aliphatic heterocycles. The molecule has 3 N–H and O–H groups in total. The molecule has 0 spiro atoms. The zero-order valence-electron chi connectivity index (χ0n) is 5.42. The maximum absolute atomic E-state index is 9.62. The van der Waals surface area contributed by atoms with Gasteiger partial charge in [-0.25, -0.2) is 0 Å². The van der Waals surface area contributed by atoms with Crippen LogP contribution in [0.4, 0.5) is 0 Å². The van der Waals surface area contributed by atoms with Crippen LogP contribution in [0.15, 0.2) is 12.2 Å². The van der Waals surface area contributed by atoms with E-state index in [0.717, 1.165) is 6.29 Å². The molecule has 0 aromatic rings. The smallest absolute Gasteiger partial charge is 0.142 e. The molecule has 0 aromatic carbocycles. The van der Waals surface area contributed by atoms with Crippen molar-refractivity contribution in [3.63, 3.8) is 0 Å². The number of aldehydes is 1. The SMILES string of the molecule is CC(C)C=CC=O.N. The number of rotatable bonds is 2. The van der Waals surface area contributed by atoms with E-state index >= 15 is 0 Å². The first-order valence-electron chi connectivity index (χ1n) is 2.39. The Kier molecular flexibility index (Phi) is 8.26. The molecule has 2 nitrogen and oxygen atoms in total. The molecule has 8 heavy (non-hydrogen) atoms. The van der Waals surface area contributed by atoms with Crippen LogP contribution in [0.1, 0.15) is 13.8 Å². The molecule has 0 aliphatic rings. The Morgan fingerprint density at radius 1 is 1.38 bits per heavy atom. The molecule has 0 rings (SSSR count). The molecular weight excluding hydrogens is 102 g/mol. The molecule has 48 valence electrons. The van der Waals surface area contributed by atoms with Gasteiger partial charge in [-0.3, -0.25) is 4.79 Å². The minimum absolute atomic E-state index is 0. The van der Waals surface area contributed by atoms with Gasteiger partial charge in [-0.05, 0) is 12.0 Å². The monoisotopic (exact) mass is 115 g/mol. The first-order chi connectivity index (χ1) is 3.27. The Hall–Kier alpha value is -0.630. The third-order valence-corrected chi connectivity index (χ3v) is 0.575. The highest BCUT2D eigenvalue weighted by Crippen LogP contribution is 1.90. The summed E-state index contributed by atoms with van der Waals surface area (Å²) in [5.41, 5.74) is 0. The third-order valence-electron chi connectivity index (χ3n) is 0.575. The third kappa shape index (κ3) is 9.03. The van der Waals surface area contributed by atoms with Crippen molar-refractivity contribution in [2.45, 2.75) is 13.8 Å². The van der Waals surface area contributed by atoms with Gasteiger partial charge in [0, 0.05) is 0 Å². The van der Waals surface area contributed by atoms with Crippen LogP contribution < -0.4 is 6.15 Å². The van der Waals surface area contributed by atoms with E-state index in [1.54, 1.807) is 0 Å². The molecule has 0 fully saturated rings. The second-order valence-electron chi connectivity index (χ2n) is 1.76. The molecule has 0 atom stereocenters. The number of carbonyl (C=O) groups is 1. The van der Waals surface area contributed by atoms with Crippen LogP contribution in [-0.4, -0.2) is 6.29 Å². The van der Waals surface area contributed by atoms with E-state index in [1.165, 1.54) is 6.08 Å². The van der Waals surface area contributed by atoms with Crippen LogP contribution in [0.25, 0.3) is 0 Å². The van der Waals surface area contributed by atoms with Crippen molar-refractivity contribution >= 4 is 6.29 Å². The topological polar surface area (TPSA) is 52.1 Å². The maximum atomic E-state index is 9.62. The first-order valence-corrected chi connectivity index (χ1v) is 2.39. The summed E-state index contributed by atoms with van der Waals surface area (Å²) in [5, 5.41) is 0. The van der Waals surface area contributed by atoms with E-state index in [2.05, 4.69) is 0 Å². The highest BCUT2D eigenvalue weighted by atomic mass is 16.1. The quantitative estimate of drug-likeness (QED) is 0.438. The number of hydrogen-bond donors (Lipinski definition) is 1. The highest BCUT2D eigenvalue weighted by Gasteiger charge is 1.78. The van der Waals surface area contributed by atoms with Crippen LogP contribution in [0.5, 0.6) is 0 Å². The summed E-state index contributed by atoms with van der Waals surface area (Å²) >= 11 is 0. The van der Waals surface area contributed by atoms with Gasteiger partial charge in [-0.2, -0.15) is 0 Å². The molecule has 0 saturated heterocycles. The molecule has 0 amide bonds. The highest BCUT2D eigenvalue weighted by molar-refractivity contribution is 5.64. The number of hydrogen-bond acceptors (Lipinski definition) is 2. The Labute approximate surface area is 50.2 Å². The van der Waals surface area contributed by atoms with Crippen LogP contribution in [0.3, 0.4) is 0 Å². The largest absolute Gasteiger partial charge is 0.344 e. The minimum Gasteiger partial charge on any atom is -0.344 e. The summed E-state index contributed by atoms with van der Waals surface area (Å²) in [6, 6.07) is 0. The van der Waals surface area contributed by atoms with E-state index in [-0.39, 0.29) is 6.15 Å². The van der Waals surface area contributed by atoms with Crippen molar-refractivity contribution in [1.29, 1.82) is 0 Å². The zero-order chi connectivity index (χ0) is 5.70. The van der Waals surface area contributed by atoms with Crippen molar-refractivity contribution in [2.75, 3.05) is 0 Å². The van der Waals surface area contributed by atoms with Gasteiger partial charge in [-0.1, -0.05) is 19.9 Å². The van der Waals surface area contributed by atoms with Crippen LogP contribution in [-0.2, 0) is 4.79 Å². The van der Waals surface area contributed by atoms with Gasteiger partial charge >= 0.3 is 0 Å². The van der Waals surface area contributed by atoms with E-state index < -0.39 is 0 Å². The van der Waals surface area contributed by atoms with E-state index in [1.807, 2.05) is 19.9 Å². The van der Waals surface area contributed by atoms with E-state index in [9.17, 15) is 4.79 Å². The van der Waals surface area contributed by atoms with Gasteiger partial charge in [0.15, 0.2) is 0 Å². The molecule has 0 aliphatic carbocycles. The van der Waals surface area contributed by atoms with Gasteiger partial charge in [0.2, 0.25) is 0 Å². The van der Waals surface area contributed by atoms with Crippen LogP contribution >= 0.6 is 0 Å². The molecule has 0 heterocycles. The fraction of sp³-hybridized carbons (Fsp3) is 0.500. The van der Waals surface area contributed by atoms with Gasteiger partial charge in [-0.15, -0.1) is 0 Å². The first kappa shape index (κ1) is 10.4. The van der Waals surface area contributed by atoms with Crippen LogP contribution in [0, 0.1) is 5.92 Å². The molecule has 0 aromatic heterocycles. The fourth-order valence-corrected chi connectivity index (χ4v) is 0.268. The Balaban J connectivity index is 0. The van der Waals surface area contributed by atoms with Crippen LogP contribution in [0.2, 0.25) is 0 Å². The average molecular weight is 115 g/mol. The van der Waals surface area contributed by atoms with Gasteiger partial charge in [0.1, 0.15) is 6.29 Å². The standard InChI is InChI=1S/C6H10O.H3N/c1-6(2)4-3-5-7;/h3-6H,1-2H3;1H3. The Morgan fingerprint density at radius 2 is 1.88 bits per heavy atom. The fourth-order valence-electron chi connectivity index (χ4n) is 0.268. The molecule has 0 radical (unpaired) electrons. The summed E-state index contributed by atoms with van der Waals surface area (Å²) in [5.74, 6) is 0.491. The summed E-state index contributed by atoms with van der Waals surface area (Å²) in [4.78, 5) is 9.62. The number of allylic oxidation sites excluding steroid dienone is 2. The summed E-state index contributed by atoms with van der Waals surface area (Å²) in [6.07, 6.45) is 4.16. The summed E-state index contributed by atoms with van der Waals surface area (Å²) in [7, 11) is 0. The normalized spacial score (nSPS) is 9.38. The molecule has 2 heteroatoms. The number of carbonyl (C=O) groups excluding carboxylic acids is 1. The van der Waals surface area contributed by atoms with Crippen molar-refractivity contribution in [3.05, 3.63) is 12.2 Å². The maximum Gasteiger partial charge on any atom is 0.142 e. The molecule has 0 saturated carbocycles. The average Bonchev–Trinajstić information content (AvgIpc) is 1.61. The Bertz CT molecular complexity index is 76.6. The van der Waals surface area contributed by atoms with E-state index in [0.29, 0.717) is 5.92 Å².